The van der Waals surface area contributed by atoms with Crippen molar-refractivity contribution in [1.29, 1.82) is 0 Å². The number of tetrazole rings is 1. The van der Waals surface area contributed by atoms with E-state index in [2.05, 4.69) is 33.3 Å². The molecule has 1 aliphatic rings. The van der Waals surface area contributed by atoms with Crippen LogP contribution in [0.5, 0.6) is 0 Å². The Labute approximate surface area is 231 Å². The Morgan fingerprint density at radius 1 is 1.07 bits per heavy atom. The molecule has 0 saturated carbocycles. The Morgan fingerprint density at radius 3 is 2.58 bits per heavy atom. The van der Waals surface area contributed by atoms with Gasteiger partial charge in [0.15, 0.2) is 0 Å². The van der Waals surface area contributed by atoms with Gasteiger partial charge in [-0.1, -0.05) is 34.9 Å². The van der Waals surface area contributed by atoms with Crippen LogP contribution in [0.25, 0.3) is 10.9 Å². The van der Waals surface area contributed by atoms with E-state index >= 15 is 0 Å². The molecule has 1 fully saturated rings. The fourth-order valence-electron chi connectivity index (χ4n) is 5.31. The second-order valence-electron chi connectivity index (χ2n) is 10.4. The highest BCUT2D eigenvalue weighted by Gasteiger charge is 2.31. The van der Waals surface area contributed by atoms with Gasteiger partial charge in [0.05, 0.1) is 24.2 Å². The first-order valence-electron chi connectivity index (χ1n) is 13.5. The summed E-state index contributed by atoms with van der Waals surface area (Å²) in [6, 6.07) is 12.3. The summed E-state index contributed by atoms with van der Waals surface area (Å²) in [5.41, 5.74) is 3.29. The van der Waals surface area contributed by atoms with Crippen molar-refractivity contribution < 1.29 is 17.9 Å². The Hall–Kier alpha value is -3.73. The highest BCUT2D eigenvalue weighted by Crippen LogP contribution is 2.32. The first kappa shape index (κ1) is 27.8. The van der Waals surface area contributed by atoms with Gasteiger partial charge in [0.2, 0.25) is 0 Å². The van der Waals surface area contributed by atoms with Crippen molar-refractivity contribution in [3.05, 3.63) is 70.3 Å². The van der Waals surface area contributed by atoms with E-state index in [1.165, 1.54) is 10.9 Å². The summed E-state index contributed by atoms with van der Waals surface area (Å²) in [5.74, 6) is 1.16. The smallest absolute Gasteiger partial charge is 0.376 e. The molecule has 1 aliphatic heterocycles. The topological polar surface area (TPSA) is 72.2 Å². The molecule has 0 radical (unpaired) electrons. The number of halogens is 3. The predicted octanol–water partition coefficient (Wildman–Crippen LogP) is 5.61. The van der Waals surface area contributed by atoms with Gasteiger partial charge < -0.3 is 14.5 Å². The largest absolute Gasteiger partial charge is 0.416 e. The van der Waals surface area contributed by atoms with Gasteiger partial charge in [-0.2, -0.15) is 18.0 Å². The van der Waals surface area contributed by atoms with E-state index in [0.717, 1.165) is 59.9 Å². The van der Waals surface area contributed by atoms with Gasteiger partial charge in [-0.3, -0.25) is 0 Å². The number of nitrogens with zero attached hydrogens (tertiary/aromatic N) is 7. The molecule has 8 nitrogen and oxygen atoms in total. The van der Waals surface area contributed by atoms with Crippen LogP contribution in [0.1, 0.15) is 47.6 Å². The molecule has 5 rings (SSSR count). The molecule has 2 aromatic heterocycles. The number of likely N-dealkylation sites (N-methyl/N-ethyl adjacent to an activating group) is 1. The molecule has 3 heterocycles. The standard InChI is InChI=1S/C29H34F3N7O/c1-5-38(18-25-10-7-11-40-25)27-23(15-22-9-6-8-20(3)26(22)33-27)17-39(28-34-36-37(4)35-28)16-21-12-19(2)13-24(14-21)29(30,31)32/h6,8-9,12-15,25H,5,7,10-11,16-18H2,1-4H3/t25-/m1/s1. The number of anilines is 2. The number of ether oxygens (including phenoxy) is 1. The third-order valence-corrected chi connectivity index (χ3v) is 7.21. The van der Waals surface area contributed by atoms with E-state index in [9.17, 15) is 13.2 Å². The van der Waals surface area contributed by atoms with Gasteiger partial charge in [-0.05, 0) is 68.2 Å². The molecule has 0 unspecified atom stereocenters. The number of fused-ring (bicyclic) bond motifs is 1. The summed E-state index contributed by atoms with van der Waals surface area (Å²) in [4.78, 5) is 10.6. The number of aromatic nitrogens is 5. The van der Waals surface area contributed by atoms with E-state index in [-0.39, 0.29) is 12.6 Å². The van der Waals surface area contributed by atoms with E-state index in [1.807, 2.05) is 30.0 Å². The molecule has 0 bridgehead atoms. The molecule has 0 spiro atoms. The van der Waals surface area contributed by atoms with E-state index in [0.29, 0.717) is 30.2 Å². The molecule has 1 atom stereocenters. The Balaban J connectivity index is 1.57. The van der Waals surface area contributed by atoms with Crippen LogP contribution in [-0.4, -0.2) is 51.0 Å². The van der Waals surface area contributed by atoms with Crippen LogP contribution in [-0.2, 0) is 31.1 Å². The number of hydrogen-bond acceptors (Lipinski definition) is 7. The minimum atomic E-state index is -4.44. The highest BCUT2D eigenvalue weighted by atomic mass is 19.4. The molecule has 11 heteroatoms. The Kier molecular flexibility index (Phi) is 7.93. The minimum Gasteiger partial charge on any atom is -0.376 e. The second-order valence-corrected chi connectivity index (χ2v) is 10.4. The first-order valence-corrected chi connectivity index (χ1v) is 13.5. The molecule has 1 saturated heterocycles. The Bertz CT molecular complexity index is 1480. The third-order valence-electron chi connectivity index (χ3n) is 7.21. The average Bonchev–Trinajstić information content (AvgIpc) is 3.58. The lowest BCUT2D eigenvalue weighted by Crippen LogP contribution is -2.34. The molecule has 2 aromatic carbocycles. The van der Waals surface area contributed by atoms with Crippen LogP contribution in [0.2, 0.25) is 0 Å². The van der Waals surface area contributed by atoms with Gasteiger partial charge in [0.1, 0.15) is 5.82 Å². The maximum absolute atomic E-state index is 13.6. The van der Waals surface area contributed by atoms with Crippen molar-refractivity contribution >= 4 is 22.7 Å². The van der Waals surface area contributed by atoms with Crippen LogP contribution in [0, 0.1) is 13.8 Å². The molecule has 0 amide bonds. The van der Waals surface area contributed by atoms with E-state index in [4.69, 9.17) is 9.72 Å². The molecule has 0 aliphatic carbocycles. The first-order chi connectivity index (χ1) is 19.1. The molecule has 40 heavy (non-hydrogen) atoms. The van der Waals surface area contributed by atoms with Crippen molar-refractivity contribution in [2.45, 2.75) is 59.0 Å². The van der Waals surface area contributed by atoms with Crippen molar-refractivity contribution in [1.82, 2.24) is 25.2 Å². The quantitative estimate of drug-likeness (QED) is 0.267. The van der Waals surface area contributed by atoms with Crippen molar-refractivity contribution in [3.63, 3.8) is 0 Å². The van der Waals surface area contributed by atoms with E-state index in [1.54, 1.807) is 20.0 Å². The zero-order valence-corrected chi connectivity index (χ0v) is 23.2. The van der Waals surface area contributed by atoms with Crippen molar-refractivity contribution in [3.8, 4) is 0 Å². The van der Waals surface area contributed by atoms with Gasteiger partial charge in [0.25, 0.3) is 5.95 Å². The maximum Gasteiger partial charge on any atom is 0.416 e. The SMILES string of the molecule is CCN(C[C@H]1CCCO1)c1nc2c(C)cccc2cc1CN(Cc1cc(C)cc(C(F)(F)F)c1)c1nnn(C)n1. The lowest BCUT2D eigenvalue weighted by Gasteiger charge is -2.29. The van der Waals surface area contributed by atoms with Crippen molar-refractivity contribution in [2.75, 3.05) is 29.5 Å². The normalized spacial score (nSPS) is 15.6. The third kappa shape index (κ3) is 6.19. The van der Waals surface area contributed by atoms with Crippen LogP contribution >= 0.6 is 0 Å². The van der Waals surface area contributed by atoms with Crippen molar-refractivity contribution in [2.24, 2.45) is 7.05 Å². The van der Waals surface area contributed by atoms with Gasteiger partial charge in [-0.15, -0.1) is 5.10 Å². The number of alkyl halides is 3. The van der Waals surface area contributed by atoms with Crippen LogP contribution in [0.15, 0.2) is 42.5 Å². The second kappa shape index (κ2) is 11.4. The maximum atomic E-state index is 13.6. The zero-order chi connectivity index (χ0) is 28.4. The molecule has 4 aromatic rings. The zero-order valence-electron chi connectivity index (χ0n) is 23.2. The number of hydrogen-bond donors (Lipinski definition) is 0. The van der Waals surface area contributed by atoms with E-state index < -0.39 is 11.7 Å². The number of benzene rings is 2. The summed E-state index contributed by atoms with van der Waals surface area (Å²) in [5, 5.41) is 13.6. The van der Waals surface area contributed by atoms with Gasteiger partial charge >= 0.3 is 6.18 Å². The number of para-hydroxylation sites is 1. The molecular weight excluding hydrogens is 519 g/mol. The summed E-state index contributed by atoms with van der Waals surface area (Å²) in [7, 11) is 1.66. The summed E-state index contributed by atoms with van der Waals surface area (Å²) in [6.07, 6.45) is -2.26. The molecular formula is C29H34F3N7O. The van der Waals surface area contributed by atoms with Crippen LogP contribution in [0.4, 0.5) is 24.9 Å². The average molecular weight is 554 g/mol. The number of rotatable bonds is 9. The highest BCUT2D eigenvalue weighted by molar-refractivity contribution is 5.84. The predicted molar refractivity (Wildman–Crippen MR) is 148 cm³/mol. The lowest BCUT2D eigenvalue weighted by atomic mass is 10.0. The summed E-state index contributed by atoms with van der Waals surface area (Å²) >= 11 is 0. The minimum absolute atomic E-state index is 0.132. The molecule has 212 valence electrons. The lowest BCUT2D eigenvalue weighted by molar-refractivity contribution is -0.137. The number of aryl methyl sites for hydroxylation is 3. The van der Waals surface area contributed by atoms with Crippen LogP contribution in [0.3, 0.4) is 0 Å². The number of pyridine rings is 1. The molecule has 0 N–H and O–H groups in total. The summed E-state index contributed by atoms with van der Waals surface area (Å²) < 4.78 is 46.8. The fourth-order valence-corrected chi connectivity index (χ4v) is 5.31. The Morgan fingerprint density at radius 2 is 1.90 bits per heavy atom. The monoisotopic (exact) mass is 553 g/mol. The van der Waals surface area contributed by atoms with Gasteiger partial charge in [-0.25, -0.2) is 4.98 Å². The van der Waals surface area contributed by atoms with Crippen LogP contribution < -0.4 is 9.80 Å². The van der Waals surface area contributed by atoms with Gasteiger partial charge in [0, 0.05) is 43.7 Å². The summed E-state index contributed by atoms with van der Waals surface area (Å²) in [6.45, 7) is 8.51. The fraction of sp³-hybridized carbons (Fsp3) is 0.448.